The standard InChI is InChI=1S/C23H19N3/c1-2-10-20(19-9-7-13-24-17-19)18(8-1)16-21(22-11-3-5-14-25-22)23-12-4-6-15-26-23/h1-15,17,21H,16H2. The van der Waals surface area contributed by atoms with Gasteiger partial charge >= 0.3 is 0 Å². The molecule has 1 aromatic carbocycles. The molecule has 0 saturated carbocycles. The van der Waals surface area contributed by atoms with E-state index in [9.17, 15) is 0 Å². The number of rotatable bonds is 5. The minimum atomic E-state index is 0.107. The van der Waals surface area contributed by atoms with Crippen molar-refractivity contribution in [1.82, 2.24) is 15.0 Å². The predicted octanol–water partition coefficient (Wildman–Crippen LogP) is 4.91. The van der Waals surface area contributed by atoms with Gasteiger partial charge in [0.2, 0.25) is 0 Å². The molecular weight excluding hydrogens is 318 g/mol. The third-order valence-electron chi connectivity index (χ3n) is 4.50. The Morgan fingerprint density at radius 3 is 1.96 bits per heavy atom. The van der Waals surface area contributed by atoms with E-state index in [-0.39, 0.29) is 5.92 Å². The van der Waals surface area contributed by atoms with Gasteiger partial charge in [-0.25, -0.2) is 0 Å². The van der Waals surface area contributed by atoms with Crippen molar-refractivity contribution in [3.8, 4) is 11.1 Å². The first kappa shape index (κ1) is 16.2. The van der Waals surface area contributed by atoms with Crippen LogP contribution in [0.3, 0.4) is 0 Å². The van der Waals surface area contributed by atoms with Crippen molar-refractivity contribution in [1.29, 1.82) is 0 Å². The number of nitrogens with zero attached hydrogens (tertiary/aromatic N) is 3. The molecule has 0 aliphatic carbocycles. The molecule has 0 amide bonds. The van der Waals surface area contributed by atoms with E-state index < -0.39 is 0 Å². The molecule has 3 aromatic heterocycles. The van der Waals surface area contributed by atoms with Crippen molar-refractivity contribution >= 4 is 0 Å². The molecule has 126 valence electrons. The molecule has 0 saturated heterocycles. The van der Waals surface area contributed by atoms with Crippen LogP contribution in [-0.4, -0.2) is 15.0 Å². The lowest BCUT2D eigenvalue weighted by Crippen LogP contribution is -2.09. The van der Waals surface area contributed by atoms with E-state index in [2.05, 4.69) is 57.4 Å². The Kier molecular flexibility index (Phi) is 4.79. The van der Waals surface area contributed by atoms with Crippen LogP contribution in [0.1, 0.15) is 22.9 Å². The molecular formula is C23H19N3. The van der Waals surface area contributed by atoms with Crippen LogP contribution in [-0.2, 0) is 6.42 Å². The van der Waals surface area contributed by atoms with Crippen molar-refractivity contribution < 1.29 is 0 Å². The molecule has 3 heteroatoms. The fourth-order valence-electron chi connectivity index (χ4n) is 3.25. The molecule has 3 heterocycles. The van der Waals surface area contributed by atoms with E-state index >= 15 is 0 Å². The van der Waals surface area contributed by atoms with Crippen LogP contribution in [0.15, 0.2) is 97.6 Å². The molecule has 0 unspecified atom stereocenters. The summed E-state index contributed by atoms with van der Waals surface area (Å²) in [6.07, 6.45) is 8.24. The number of pyridine rings is 3. The quantitative estimate of drug-likeness (QED) is 0.519. The van der Waals surface area contributed by atoms with E-state index in [0.29, 0.717) is 0 Å². The van der Waals surface area contributed by atoms with Crippen molar-refractivity contribution in [2.24, 2.45) is 0 Å². The molecule has 3 nitrogen and oxygen atoms in total. The Labute approximate surface area is 153 Å². The van der Waals surface area contributed by atoms with Gasteiger partial charge in [0.05, 0.1) is 0 Å². The predicted molar refractivity (Wildman–Crippen MR) is 104 cm³/mol. The molecule has 0 radical (unpaired) electrons. The second-order valence-corrected chi connectivity index (χ2v) is 6.16. The lowest BCUT2D eigenvalue weighted by atomic mass is 9.88. The zero-order valence-corrected chi connectivity index (χ0v) is 14.4. The third kappa shape index (κ3) is 3.52. The lowest BCUT2D eigenvalue weighted by Gasteiger charge is -2.18. The van der Waals surface area contributed by atoms with E-state index in [1.807, 2.05) is 48.9 Å². The maximum Gasteiger partial charge on any atom is 0.0497 e. The van der Waals surface area contributed by atoms with E-state index in [0.717, 1.165) is 23.4 Å². The Morgan fingerprint density at radius 1 is 0.654 bits per heavy atom. The van der Waals surface area contributed by atoms with Gasteiger partial charge in [0, 0.05) is 47.7 Å². The van der Waals surface area contributed by atoms with E-state index in [4.69, 9.17) is 0 Å². The molecule has 0 aliphatic rings. The summed E-state index contributed by atoms with van der Waals surface area (Å²) in [5.41, 5.74) is 5.67. The molecule has 26 heavy (non-hydrogen) atoms. The highest BCUT2D eigenvalue weighted by Crippen LogP contribution is 2.30. The number of hydrogen-bond donors (Lipinski definition) is 0. The SMILES string of the molecule is c1ccc(C(Cc2ccccc2-c2cccnc2)c2ccccn2)nc1. The van der Waals surface area contributed by atoms with Crippen molar-refractivity contribution in [3.05, 3.63) is 115 Å². The van der Waals surface area contributed by atoms with Gasteiger partial charge in [-0.3, -0.25) is 15.0 Å². The molecule has 0 aliphatic heterocycles. The monoisotopic (exact) mass is 337 g/mol. The Balaban J connectivity index is 1.76. The summed E-state index contributed by atoms with van der Waals surface area (Å²) < 4.78 is 0. The number of hydrogen-bond acceptors (Lipinski definition) is 3. The van der Waals surface area contributed by atoms with Gasteiger partial charge in [0.25, 0.3) is 0 Å². The van der Waals surface area contributed by atoms with Gasteiger partial charge < -0.3 is 0 Å². The normalized spacial score (nSPS) is 10.8. The van der Waals surface area contributed by atoms with E-state index in [1.165, 1.54) is 11.1 Å². The summed E-state index contributed by atoms with van der Waals surface area (Å²) in [6.45, 7) is 0. The van der Waals surface area contributed by atoms with Crippen molar-refractivity contribution in [2.45, 2.75) is 12.3 Å². The molecule has 0 bridgehead atoms. The first-order chi connectivity index (χ1) is 12.9. The number of benzene rings is 1. The highest BCUT2D eigenvalue weighted by Gasteiger charge is 2.19. The first-order valence-electron chi connectivity index (χ1n) is 8.72. The average molecular weight is 337 g/mol. The molecule has 0 spiro atoms. The van der Waals surface area contributed by atoms with Crippen LogP contribution in [0.5, 0.6) is 0 Å². The lowest BCUT2D eigenvalue weighted by molar-refractivity contribution is 0.747. The average Bonchev–Trinajstić information content (AvgIpc) is 2.74. The van der Waals surface area contributed by atoms with Gasteiger partial charge in [-0.05, 0) is 47.9 Å². The van der Waals surface area contributed by atoms with Gasteiger partial charge in [0.1, 0.15) is 0 Å². The van der Waals surface area contributed by atoms with Gasteiger partial charge in [-0.15, -0.1) is 0 Å². The fraction of sp³-hybridized carbons (Fsp3) is 0.0870. The molecule has 0 N–H and O–H groups in total. The van der Waals surface area contributed by atoms with E-state index in [1.54, 1.807) is 6.20 Å². The van der Waals surface area contributed by atoms with Crippen LogP contribution in [0.4, 0.5) is 0 Å². The number of aromatic nitrogens is 3. The summed E-state index contributed by atoms with van der Waals surface area (Å²) in [5.74, 6) is 0.107. The van der Waals surface area contributed by atoms with Gasteiger partial charge in [0.15, 0.2) is 0 Å². The second-order valence-electron chi connectivity index (χ2n) is 6.16. The van der Waals surface area contributed by atoms with Crippen molar-refractivity contribution in [2.75, 3.05) is 0 Å². The van der Waals surface area contributed by atoms with Gasteiger partial charge in [-0.2, -0.15) is 0 Å². The maximum absolute atomic E-state index is 4.60. The Bertz CT molecular complexity index is 915. The fourth-order valence-corrected chi connectivity index (χ4v) is 3.25. The summed E-state index contributed by atoms with van der Waals surface area (Å²) >= 11 is 0. The maximum atomic E-state index is 4.60. The van der Waals surface area contributed by atoms with Gasteiger partial charge in [-0.1, -0.05) is 42.5 Å². The Morgan fingerprint density at radius 2 is 1.35 bits per heavy atom. The smallest absolute Gasteiger partial charge is 0.0497 e. The zero-order valence-electron chi connectivity index (χ0n) is 14.4. The first-order valence-corrected chi connectivity index (χ1v) is 8.72. The van der Waals surface area contributed by atoms with Crippen LogP contribution in [0.25, 0.3) is 11.1 Å². The summed E-state index contributed by atoms with van der Waals surface area (Å²) in [7, 11) is 0. The van der Waals surface area contributed by atoms with Crippen LogP contribution in [0.2, 0.25) is 0 Å². The minimum absolute atomic E-state index is 0.107. The summed E-state index contributed by atoms with van der Waals surface area (Å²) in [6, 6.07) is 24.7. The highest BCUT2D eigenvalue weighted by molar-refractivity contribution is 5.66. The third-order valence-corrected chi connectivity index (χ3v) is 4.50. The van der Waals surface area contributed by atoms with Crippen LogP contribution in [0, 0.1) is 0 Å². The topological polar surface area (TPSA) is 38.7 Å². The summed E-state index contributed by atoms with van der Waals surface area (Å²) in [4.78, 5) is 13.5. The zero-order chi connectivity index (χ0) is 17.6. The van der Waals surface area contributed by atoms with Crippen LogP contribution < -0.4 is 0 Å². The minimum Gasteiger partial charge on any atom is -0.264 e. The largest absolute Gasteiger partial charge is 0.264 e. The second kappa shape index (κ2) is 7.70. The molecule has 4 aromatic rings. The van der Waals surface area contributed by atoms with Crippen LogP contribution >= 0.6 is 0 Å². The Hall–Kier alpha value is -3.33. The van der Waals surface area contributed by atoms with Crippen molar-refractivity contribution in [3.63, 3.8) is 0 Å². The molecule has 0 atom stereocenters. The molecule has 0 fully saturated rings. The molecule has 4 rings (SSSR count). The highest BCUT2D eigenvalue weighted by atomic mass is 14.7. The summed E-state index contributed by atoms with van der Waals surface area (Å²) in [5, 5.41) is 0.